The van der Waals surface area contributed by atoms with Gasteiger partial charge in [0.1, 0.15) is 5.76 Å². The number of allylic oxidation sites excluding steroid dienone is 1. The van der Waals surface area contributed by atoms with Crippen LogP contribution in [0.2, 0.25) is 0 Å². The molecule has 1 unspecified atom stereocenters. The van der Waals surface area contributed by atoms with Gasteiger partial charge in [-0.1, -0.05) is 22.9 Å². The van der Waals surface area contributed by atoms with Crippen molar-refractivity contribution in [2.45, 2.75) is 25.4 Å². The van der Waals surface area contributed by atoms with Gasteiger partial charge in [-0.15, -0.1) is 0 Å². The fourth-order valence-corrected chi connectivity index (χ4v) is 3.37. The number of amides is 1. The molecule has 2 heterocycles. The molecule has 0 aliphatic carbocycles. The van der Waals surface area contributed by atoms with E-state index in [1.165, 1.54) is 18.4 Å². The third-order valence-corrected chi connectivity index (χ3v) is 4.64. The molecule has 1 atom stereocenters. The molecule has 1 amide bonds. The van der Waals surface area contributed by atoms with Gasteiger partial charge in [0.05, 0.1) is 18.4 Å². The molecule has 0 fully saturated rings. The molecule has 0 spiro atoms. The molecule has 1 aromatic carbocycles. The van der Waals surface area contributed by atoms with E-state index in [1.807, 2.05) is 13.0 Å². The quantitative estimate of drug-likeness (QED) is 0.747. The van der Waals surface area contributed by atoms with Gasteiger partial charge < -0.3 is 14.4 Å². The van der Waals surface area contributed by atoms with E-state index in [0.29, 0.717) is 23.6 Å². The Labute approximate surface area is 154 Å². The summed E-state index contributed by atoms with van der Waals surface area (Å²) in [6.45, 7) is 2.45. The number of hydrogen-bond acceptors (Lipinski definition) is 4. The average molecular weight is 404 g/mol. The van der Waals surface area contributed by atoms with E-state index >= 15 is 0 Å². The first-order valence-corrected chi connectivity index (χ1v) is 8.84. The minimum atomic E-state index is -1.85. The second-order valence-electron chi connectivity index (χ2n) is 5.97. The molecule has 0 bridgehead atoms. The summed E-state index contributed by atoms with van der Waals surface area (Å²) in [7, 11) is 0. The van der Waals surface area contributed by atoms with Gasteiger partial charge in [-0.05, 0) is 48.9 Å². The van der Waals surface area contributed by atoms with Gasteiger partial charge in [0.25, 0.3) is 5.91 Å². The number of benzene rings is 1. The predicted octanol–water partition coefficient (Wildman–Crippen LogP) is 3.66. The third-order valence-electron chi connectivity index (χ3n) is 4.15. The summed E-state index contributed by atoms with van der Waals surface area (Å²) in [5.74, 6) is -0.271. The molecule has 0 saturated heterocycles. The molecule has 1 aliphatic heterocycles. The van der Waals surface area contributed by atoms with Gasteiger partial charge >= 0.3 is 0 Å². The molecule has 25 heavy (non-hydrogen) atoms. The highest BCUT2D eigenvalue weighted by molar-refractivity contribution is 9.10. The van der Waals surface area contributed by atoms with Crippen LogP contribution in [0.1, 0.15) is 31.1 Å². The van der Waals surface area contributed by atoms with Crippen LogP contribution in [0, 0.1) is 0 Å². The minimum Gasteiger partial charge on any atom is -0.465 e. The molecule has 5 nitrogen and oxygen atoms in total. The minimum absolute atomic E-state index is 0.313. The van der Waals surface area contributed by atoms with Gasteiger partial charge in [0.2, 0.25) is 0 Å². The smallest absolute Gasteiger partial charge is 0.264 e. The number of rotatable bonds is 6. The van der Waals surface area contributed by atoms with Gasteiger partial charge in [-0.3, -0.25) is 9.59 Å². The maximum atomic E-state index is 12.8. The summed E-state index contributed by atoms with van der Waals surface area (Å²) in [4.78, 5) is 26.7. The van der Waals surface area contributed by atoms with Crippen LogP contribution < -0.4 is 4.90 Å². The van der Waals surface area contributed by atoms with E-state index in [9.17, 15) is 14.7 Å². The number of anilines is 1. The lowest BCUT2D eigenvalue weighted by molar-refractivity contribution is -0.140. The summed E-state index contributed by atoms with van der Waals surface area (Å²) in [6.07, 6.45) is 4.80. The van der Waals surface area contributed by atoms with E-state index in [4.69, 9.17) is 4.42 Å². The highest BCUT2D eigenvalue weighted by atomic mass is 79.9. The maximum Gasteiger partial charge on any atom is 0.264 e. The average Bonchev–Trinajstić information content (AvgIpc) is 3.16. The van der Waals surface area contributed by atoms with Crippen molar-refractivity contribution in [2.75, 3.05) is 11.4 Å². The Balaban J connectivity index is 1.90. The van der Waals surface area contributed by atoms with Crippen molar-refractivity contribution in [2.24, 2.45) is 0 Å². The summed E-state index contributed by atoms with van der Waals surface area (Å²) < 4.78 is 5.88. The second-order valence-corrected chi connectivity index (χ2v) is 6.89. The Morgan fingerprint density at radius 3 is 2.88 bits per heavy atom. The lowest BCUT2D eigenvalue weighted by atomic mass is 9.90. The molecule has 6 heteroatoms. The fraction of sp³-hybridized carbons (Fsp3) is 0.263. The first-order valence-electron chi connectivity index (χ1n) is 8.04. The van der Waals surface area contributed by atoms with E-state index in [1.54, 1.807) is 29.2 Å². The number of nitrogens with zero attached hydrogens (tertiary/aromatic N) is 1. The van der Waals surface area contributed by atoms with Crippen LogP contribution in [0.3, 0.4) is 0 Å². The first-order chi connectivity index (χ1) is 12.0. The number of furan rings is 1. The van der Waals surface area contributed by atoms with Crippen LogP contribution >= 0.6 is 15.9 Å². The number of aliphatic hydroxyl groups is 1. The first kappa shape index (κ1) is 17.6. The van der Waals surface area contributed by atoms with Gasteiger partial charge in [-0.25, -0.2) is 0 Å². The zero-order chi connectivity index (χ0) is 18.0. The van der Waals surface area contributed by atoms with Crippen LogP contribution in [0.5, 0.6) is 0 Å². The van der Waals surface area contributed by atoms with E-state index in [0.717, 1.165) is 10.9 Å². The molecule has 1 N–H and O–H groups in total. The van der Waals surface area contributed by atoms with Crippen LogP contribution in [0.4, 0.5) is 5.69 Å². The Morgan fingerprint density at radius 1 is 1.40 bits per heavy atom. The zero-order valence-corrected chi connectivity index (χ0v) is 15.3. The SMILES string of the molecule is CCCN1C(=O)C(O)(CC(=O)C=Cc2ccco2)c2cc(Br)ccc21. The van der Waals surface area contributed by atoms with E-state index in [2.05, 4.69) is 15.9 Å². The van der Waals surface area contributed by atoms with E-state index in [-0.39, 0.29) is 12.2 Å². The predicted molar refractivity (Wildman–Crippen MR) is 98.0 cm³/mol. The number of carbonyl (C=O) groups is 2. The van der Waals surface area contributed by atoms with Crippen LogP contribution in [0.25, 0.3) is 6.08 Å². The van der Waals surface area contributed by atoms with Gasteiger partial charge in [-0.2, -0.15) is 0 Å². The molecule has 2 aromatic rings. The Morgan fingerprint density at radius 2 is 2.20 bits per heavy atom. The van der Waals surface area contributed by atoms with Gasteiger partial charge in [0.15, 0.2) is 11.4 Å². The van der Waals surface area contributed by atoms with Crippen molar-refractivity contribution in [3.8, 4) is 0 Å². The standard InChI is InChI=1S/C19H18BrNO4/c1-2-9-21-17-8-5-13(20)11-16(17)19(24,18(21)23)12-14(22)6-7-15-4-3-10-25-15/h3-8,10-11,24H,2,9,12H2,1H3. The lowest BCUT2D eigenvalue weighted by Gasteiger charge is -2.22. The molecule has 3 rings (SSSR count). The maximum absolute atomic E-state index is 12.8. The second kappa shape index (κ2) is 6.98. The van der Waals surface area contributed by atoms with Crippen LogP contribution in [-0.4, -0.2) is 23.3 Å². The topological polar surface area (TPSA) is 70.8 Å². The highest BCUT2D eigenvalue weighted by Crippen LogP contribution is 2.43. The molecular weight excluding hydrogens is 386 g/mol. The number of ketones is 1. The molecule has 0 radical (unpaired) electrons. The van der Waals surface area contributed by atoms with Crippen molar-refractivity contribution in [1.82, 2.24) is 0 Å². The Bertz CT molecular complexity index is 828. The van der Waals surface area contributed by atoms with Crippen molar-refractivity contribution in [3.63, 3.8) is 0 Å². The summed E-state index contributed by atoms with van der Waals surface area (Å²) >= 11 is 3.37. The number of halogens is 1. The van der Waals surface area contributed by atoms with Crippen molar-refractivity contribution in [1.29, 1.82) is 0 Å². The number of carbonyl (C=O) groups excluding carboxylic acids is 2. The van der Waals surface area contributed by atoms with Gasteiger partial charge in [0, 0.05) is 16.6 Å². The normalized spacial score (nSPS) is 19.6. The lowest BCUT2D eigenvalue weighted by Crippen LogP contribution is -2.41. The zero-order valence-electron chi connectivity index (χ0n) is 13.7. The Hall–Kier alpha value is -2.18. The molecule has 0 saturated carbocycles. The van der Waals surface area contributed by atoms with Crippen LogP contribution in [-0.2, 0) is 15.2 Å². The van der Waals surface area contributed by atoms with Crippen molar-refractivity contribution in [3.05, 3.63) is 58.5 Å². The summed E-state index contributed by atoms with van der Waals surface area (Å²) in [5, 5.41) is 11.1. The summed E-state index contributed by atoms with van der Waals surface area (Å²) in [6, 6.07) is 8.74. The molecule has 130 valence electrons. The Kier molecular flexibility index (Phi) is 4.92. The molecule has 1 aromatic heterocycles. The molecule has 1 aliphatic rings. The van der Waals surface area contributed by atoms with Crippen molar-refractivity contribution < 1.29 is 19.1 Å². The molecular formula is C19H18BrNO4. The van der Waals surface area contributed by atoms with Crippen molar-refractivity contribution >= 4 is 39.4 Å². The highest BCUT2D eigenvalue weighted by Gasteiger charge is 2.50. The third kappa shape index (κ3) is 3.32. The van der Waals surface area contributed by atoms with Crippen LogP contribution in [0.15, 0.2) is 51.6 Å². The van der Waals surface area contributed by atoms with E-state index < -0.39 is 11.5 Å². The summed E-state index contributed by atoms with van der Waals surface area (Å²) in [5.41, 5.74) is -0.737. The number of hydrogen-bond donors (Lipinski definition) is 1. The monoisotopic (exact) mass is 403 g/mol. The number of fused-ring (bicyclic) bond motifs is 1. The fourth-order valence-electron chi connectivity index (χ4n) is 3.01. The largest absolute Gasteiger partial charge is 0.465 e.